The second-order valence-corrected chi connectivity index (χ2v) is 4.40. The van der Waals surface area contributed by atoms with Crippen LogP contribution in [0.15, 0.2) is 11.0 Å². The van der Waals surface area contributed by atoms with Crippen LogP contribution in [0.4, 0.5) is 0 Å². The minimum Gasteiger partial charge on any atom is -0.474 e. The third-order valence-electron chi connectivity index (χ3n) is 3.40. The Kier molecular flexibility index (Phi) is 2.22. The maximum absolute atomic E-state index is 11.0. The van der Waals surface area contributed by atoms with E-state index in [1.54, 1.807) is 0 Å². The Hall–Kier alpha value is -1.44. The smallest absolute Gasteiger partial charge is 0.347 e. The van der Waals surface area contributed by atoms with Gasteiger partial charge in [0, 0.05) is 23.6 Å². The zero-order valence-electron chi connectivity index (χ0n) is 8.78. The molecule has 0 amide bonds. The van der Waals surface area contributed by atoms with Crippen molar-refractivity contribution in [2.45, 2.75) is 24.2 Å². The quantitative estimate of drug-likeness (QED) is 0.483. The first kappa shape index (κ1) is 10.7. The highest BCUT2D eigenvalue weighted by atomic mass is 16.5. The number of hydrogen-bond acceptors (Lipinski definition) is 6. The van der Waals surface area contributed by atoms with Crippen LogP contribution in [0.1, 0.15) is 11.5 Å². The van der Waals surface area contributed by atoms with E-state index < -0.39 is 24.5 Å². The summed E-state index contributed by atoms with van der Waals surface area (Å²) in [7, 11) is 0. The van der Waals surface area contributed by atoms with Crippen molar-refractivity contribution < 1.29 is 20.1 Å². The lowest BCUT2D eigenvalue weighted by Gasteiger charge is -2.17. The number of ether oxygens (including phenoxy) is 1. The lowest BCUT2D eigenvalue weighted by Crippen LogP contribution is -2.33. The molecular weight excluding hydrogens is 228 g/mol. The molecule has 1 aliphatic heterocycles. The molecule has 2 heterocycles. The average Bonchev–Trinajstić information content (AvgIpc) is 2.90. The largest absolute Gasteiger partial charge is 0.474 e. The first-order chi connectivity index (χ1) is 8.13. The number of rotatable bonds is 3. The Labute approximate surface area is 95.7 Å². The summed E-state index contributed by atoms with van der Waals surface area (Å²) >= 11 is 0. The molecule has 0 aromatic carbocycles. The van der Waals surface area contributed by atoms with Gasteiger partial charge in [-0.05, 0) is 0 Å². The highest BCUT2D eigenvalue weighted by molar-refractivity contribution is 5.42. The van der Waals surface area contributed by atoms with Gasteiger partial charge in [0.1, 0.15) is 12.2 Å². The van der Waals surface area contributed by atoms with Crippen molar-refractivity contribution in [3.8, 4) is 5.88 Å². The molecule has 7 nitrogen and oxygen atoms in total. The first-order valence-electron chi connectivity index (χ1n) is 5.36. The number of H-pyrrole nitrogens is 1. The van der Waals surface area contributed by atoms with Crippen LogP contribution in [0.25, 0.3) is 0 Å². The van der Waals surface area contributed by atoms with Crippen molar-refractivity contribution in [3.05, 3.63) is 22.2 Å². The van der Waals surface area contributed by atoms with Gasteiger partial charge in [-0.15, -0.1) is 0 Å². The third-order valence-corrected chi connectivity index (χ3v) is 3.40. The fraction of sp³-hybridized carbons (Fsp3) is 0.600. The van der Waals surface area contributed by atoms with E-state index in [-0.39, 0.29) is 17.9 Å². The molecule has 5 atom stereocenters. The van der Waals surface area contributed by atoms with Crippen LogP contribution < -0.4 is 10.4 Å². The van der Waals surface area contributed by atoms with E-state index in [0.717, 1.165) is 5.56 Å². The molecule has 1 fully saturated rings. The highest BCUT2D eigenvalue weighted by Gasteiger charge is 2.63. The number of aromatic nitrogens is 2. The van der Waals surface area contributed by atoms with Crippen LogP contribution in [0.2, 0.25) is 0 Å². The van der Waals surface area contributed by atoms with E-state index in [1.807, 2.05) is 0 Å². The minimum absolute atomic E-state index is 0.0643. The van der Waals surface area contributed by atoms with Gasteiger partial charge in [-0.3, -0.25) is 4.98 Å². The number of nitrogens with zero attached hydrogens (tertiary/aromatic N) is 1. The van der Waals surface area contributed by atoms with Gasteiger partial charge in [0.2, 0.25) is 5.88 Å². The van der Waals surface area contributed by atoms with Crippen molar-refractivity contribution in [2.75, 3.05) is 6.61 Å². The third kappa shape index (κ3) is 1.47. The molecule has 92 valence electrons. The van der Waals surface area contributed by atoms with Crippen LogP contribution in [-0.4, -0.2) is 50.2 Å². The molecule has 0 spiro atoms. The molecule has 2 aliphatic rings. The van der Waals surface area contributed by atoms with Crippen LogP contribution >= 0.6 is 0 Å². The predicted octanol–water partition coefficient (Wildman–Crippen LogP) is -2.04. The van der Waals surface area contributed by atoms with Crippen LogP contribution in [0.3, 0.4) is 0 Å². The summed E-state index contributed by atoms with van der Waals surface area (Å²) in [6, 6.07) is 0. The summed E-state index contributed by atoms with van der Waals surface area (Å²) in [5.41, 5.74) is 0.265. The maximum Gasteiger partial charge on any atom is 0.347 e. The van der Waals surface area contributed by atoms with Crippen LogP contribution in [0, 0.1) is 5.92 Å². The number of aliphatic hydroxyl groups excluding tert-OH is 3. The van der Waals surface area contributed by atoms with Gasteiger partial charge in [0.25, 0.3) is 0 Å². The number of hydrogen-bond donors (Lipinski definition) is 4. The normalized spacial score (nSPS) is 32.3. The molecular formula is C10H12N2O5. The molecule has 0 bridgehead atoms. The Morgan fingerprint density at radius 2 is 2.29 bits per heavy atom. The molecule has 17 heavy (non-hydrogen) atoms. The average molecular weight is 240 g/mol. The second-order valence-electron chi connectivity index (χ2n) is 4.40. The van der Waals surface area contributed by atoms with Crippen molar-refractivity contribution in [3.63, 3.8) is 0 Å². The van der Waals surface area contributed by atoms with Crippen molar-refractivity contribution in [2.24, 2.45) is 5.92 Å². The Bertz CT molecular complexity index is 502. The number of nitrogens with one attached hydrogen (secondary N) is 1. The van der Waals surface area contributed by atoms with Crippen molar-refractivity contribution in [1.82, 2.24) is 9.97 Å². The Morgan fingerprint density at radius 1 is 1.53 bits per heavy atom. The molecule has 0 saturated heterocycles. The Balaban J connectivity index is 1.82. The SMILES string of the molecule is O=c1ncc2c([nH]1)OC1C([C@@H](O)[C@H](O)CO)[C@H]21. The number of aliphatic hydroxyl groups is 3. The molecule has 0 radical (unpaired) electrons. The zero-order valence-corrected chi connectivity index (χ0v) is 8.78. The summed E-state index contributed by atoms with van der Waals surface area (Å²) in [6.07, 6.45) is -1.03. The zero-order chi connectivity index (χ0) is 12.2. The molecule has 7 heteroatoms. The van der Waals surface area contributed by atoms with Gasteiger partial charge in [0.05, 0.1) is 12.7 Å². The molecule has 3 rings (SSSR count). The fourth-order valence-electron chi connectivity index (χ4n) is 2.47. The van der Waals surface area contributed by atoms with E-state index >= 15 is 0 Å². The second kappa shape index (κ2) is 3.52. The van der Waals surface area contributed by atoms with Gasteiger partial charge in [0.15, 0.2) is 0 Å². The Morgan fingerprint density at radius 3 is 3.00 bits per heavy atom. The molecule has 2 unspecified atom stereocenters. The predicted molar refractivity (Wildman–Crippen MR) is 54.6 cm³/mol. The first-order valence-corrected chi connectivity index (χ1v) is 5.36. The van der Waals surface area contributed by atoms with E-state index in [0.29, 0.717) is 5.88 Å². The highest BCUT2D eigenvalue weighted by Crippen LogP contribution is 2.58. The topological polar surface area (TPSA) is 116 Å². The monoisotopic (exact) mass is 240 g/mol. The van der Waals surface area contributed by atoms with Crippen LogP contribution in [-0.2, 0) is 0 Å². The molecule has 4 N–H and O–H groups in total. The minimum atomic E-state index is -1.17. The van der Waals surface area contributed by atoms with E-state index in [9.17, 15) is 15.0 Å². The van der Waals surface area contributed by atoms with Crippen molar-refractivity contribution >= 4 is 0 Å². The molecule has 1 aliphatic carbocycles. The van der Waals surface area contributed by atoms with Crippen LogP contribution in [0.5, 0.6) is 5.88 Å². The molecule has 1 aromatic heterocycles. The van der Waals surface area contributed by atoms with Gasteiger partial charge in [-0.2, -0.15) is 0 Å². The summed E-state index contributed by atoms with van der Waals surface area (Å²) < 4.78 is 5.44. The van der Waals surface area contributed by atoms with Crippen molar-refractivity contribution in [1.29, 1.82) is 0 Å². The lowest BCUT2D eigenvalue weighted by molar-refractivity contribution is -0.0314. The number of aromatic amines is 1. The van der Waals surface area contributed by atoms with E-state index in [2.05, 4.69) is 9.97 Å². The summed E-state index contributed by atoms with van der Waals surface area (Å²) in [5.74, 6) is 0.0739. The van der Waals surface area contributed by atoms with Gasteiger partial charge >= 0.3 is 5.69 Å². The number of fused-ring (bicyclic) bond motifs is 3. The molecule has 1 saturated carbocycles. The van der Waals surface area contributed by atoms with Gasteiger partial charge in [-0.25, -0.2) is 9.78 Å². The van der Waals surface area contributed by atoms with E-state index in [4.69, 9.17) is 9.84 Å². The molecule has 1 aromatic rings. The van der Waals surface area contributed by atoms with Gasteiger partial charge in [-0.1, -0.05) is 0 Å². The maximum atomic E-state index is 11.0. The van der Waals surface area contributed by atoms with E-state index in [1.165, 1.54) is 6.20 Å². The standard InChI is InChI=1S/C10H12N2O5/c13-2-4(14)7(15)6-5-3-1-11-10(16)12-9(3)17-8(5)6/h1,4-8,13-15H,2H2,(H,11,12,16)/t4-,5+,6?,7+,8?/m1/s1. The van der Waals surface area contributed by atoms with Gasteiger partial charge < -0.3 is 20.1 Å². The summed E-state index contributed by atoms with van der Waals surface area (Å²) in [5, 5.41) is 27.9. The lowest BCUT2D eigenvalue weighted by atomic mass is 10.1. The summed E-state index contributed by atoms with van der Waals surface area (Å²) in [6.45, 7) is -0.492. The summed E-state index contributed by atoms with van der Waals surface area (Å²) in [4.78, 5) is 17.0. The fourth-order valence-corrected chi connectivity index (χ4v) is 2.47.